The molecule has 0 saturated heterocycles. The van der Waals surface area contributed by atoms with Gasteiger partial charge < -0.3 is 11.1 Å². The monoisotopic (exact) mass is 248 g/mol. The normalized spacial score (nSPS) is 14.3. The minimum atomic E-state index is -0.0869. The van der Waals surface area contributed by atoms with Crippen LogP contribution in [0.2, 0.25) is 0 Å². The Bertz CT molecular complexity index is 362. The number of carbonyl (C=O) groups is 1. The van der Waals surface area contributed by atoms with E-state index in [0.717, 1.165) is 5.56 Å². The topological polar surface area (TPSA) is 55.1 Å². The van der Waals surface area contributed by atoms with Gasteiger partial charge in [0.15, 0.2) is 0 Å². The van der Waals surface area contributed by atoms with E-state index in [0.29, 0.717) is 19.0 Å². The summed E-state index contributed by atoms with van der Waals surface area (Å²) in [5.41, 5.74) is 6.63. The molecule has 2 atom stereocenters. The van der Waals surface area contributed by atoms with E-state index in [2.05, 4.69) is 19.2 Å². The number of hydrogen-bond donors (Lipinski definition) is 2. The fraction of sp³-hybridized carbons (Fsp3) is 0.533. The lowest BCUT2D eigenvalue weighted by atomic mass is 9.87. The molecule has 0 aliphatic heterocycles. The van der Waals surface area contributed by atoms with Gasteiger partial charge in [0, 0.05) is 6.54 Å². The van der Waals surface area contributed by atoms with Gasteiger partial charge in [-0.25, -0.2) is 0 Å². The smallest absolute Gasteiger partial charge is 0.227 e. The van der Waals surface area contributed by atoms with Crippen molar-refractivity contribution in [1.82, 2.24) is 5.32 Å². The third-order valence-electron chi connectivity index (χ3n) is 3.13. The van der Waals surface area contributed by atoms with Gasteiger partial charge in [0.25, 0.3) is 0 Å². The van der Waals surface area contributed by atoms with Crippen molar-refractivity contribution >= 4 is 5.91 Å². The molecule has 1 rings (SSSR count). The molecular formula is C15H24N2O. The number of carbonyl (C=O) groups excluding carboxylic acids is 1. The van der Waals surface area contributed by atoms with Crippen molar-refractivity contribution in [1.29, 1.82) is 0 Å². The highest BCUT2D eigenvalue weighted by molar-refractivity contribution is 5.83. The van der Waals surface area contributed by atoms with Crippen molar-refractivity contribution in [2.75, 3.05) is 13.1 Å². The second-order valence-electron chi connectivity index (χ2n) is 5.22. The average molecular weight is 248 g/mol. The quantitative estimate of drug-likeness (QED) is 0.810. The van der Waals surface area contributed by atoms with Crippen LogP contribution in [0.1, 0.15) is 32.3 Å². The Balaban J connectivity index is 2.71. The van der Waals surface area contributed by atoms with E-state index in [1.54, 1.807) is 0 Å². The summed E-state index contributed by atoms with van der Waals surface area (Å²) in [6.07, 6.45) is 0. The van der Waals surface area contributed by atoms with E-state index in [9.17, 15) is 4.79 Å². The Labute approximate surface area is 110 Å². The second kappa shape index (κ2) is 7.17. The van der Waals surface area contributed by atoms with Crippen molar-refractivity contribution in [3.63, 3.8) is 0 Å². The molecule has 2 unspecified atom stereocenters. The highest BCUT2D eigenvalue weighted by Gasteiger charge is 2.23. The number of benzene rings is 1. The molecule has 0 aliphatic carbocycles. The molecule has 0 saturated carbocycles. The highest BCUT2D eigenvalue weighted by Crippen LogP contribution is 2.24. The molecular weight excluding hydrogens is 224 g/mol. The standard InChI is InChI=1S/C15H24N2O/c1-11(2)14(13-7-5-4-6-8-13)15(18)17-10-12(3)9-16/h4-8,11-12,14H,9-10,16H2,1-3H3,(H,17,18). The molecule has 0 fully saturated rings. The van der Waals surface area contributed by atoms with Crippen molar-refractivity contribution in [2.24, 2.45) is 17.6 Å². The van der Waals surface area contributed by atoms with Gasteiger partial charge in [0.1, 0.15) is 0 Å². The SMILES string of the molecule is CC(CN)CNC(=O)C(c1ccccc1)C(C)C. The molecule has 0 aromatic heterocycles. The van der Waals surface area contributed by atoms with Crippen LogP contribution in [-0.4, -0.2) is 19.0 Å². The number of nitrogens with one attached hydrogen (secondary N) is 1. The zero-order valence-electron chi connectivity index (χ0n) is 11.5. The lowest BCUT2D eigenvalue weighted by Gasteiger charge is -2.21. The molecule has 100 valence electrons. The molecule has 1 aromatic carbocycles. The molecule has 1 aromatic rings. The fourth-order valence-electron chi connectivity index (χ4n) is 1.97. The van der Waals surface area contributed by atoms with Crippen LogP contribution in [0.3, 0.4) is 0 Å². The first-order chi connectivity index (χ1) is 8.56. The van der Waals surface area contributed by atoms with Crippen molar-refractivity contribution < 1.29 is 4.79 Å². The van der Waals surface area contributed by atoms with Crippen LogP contribution in [0.15, 0.2) is 30.3 Å². The van der Waals surface area contributed by atoms with Crippen molar-refractivity contribution in [2.45, 2.75) is 26.7 Å². The Morgan fingerprint density at radius 2 is 1.83 bits per heavy atom. The van der Waals surface area contributed by atoms with Crippen LogP contribution in [0, 0.1) is 11.8 Å². The molecule has 18 heavy (non-hydrogen) atoms. The summed E-state index contributed by atoms with van der Waals surface area (Å²) in [5.74, 6) is 0.603. The molecule has 0 radical (unpaired) electrons. The first-order valence-electron chi connectivity index (χ1n) is 6.59. The van der Waals surface area contributed by atoms with Gasteiger partial charge in [-0.3, -0.25) is 4.79 Å². The third kappa shape index (κ3) is 4.15. The second-order valence-corrected chi connectivity index (χ2v) is 5.22. The van der Waals surface area contributed by atoms with Crippen molar-refractivity contribution in [3.8, 4) is 0 Å². The Morgan fingerprint density at radius 1 is 1.22 bits per heavy atom. The maximum Gasteiger partial charge on any atom is 0.227 e. The van der Waals surface area contributed by atoms with Crippen molar-refractivity contribution in [3.05, 3.63) is 35.9 Å². The minimum absolute atomic E-state index is 0.0869. The van der Waals surface area contributed by atoms with Gasteiger partial charge in [-0.05, 0) is 23.9 Å². The molecule has 3 N–H and O–H groups in total. The van der Waals surface area contributed by atoms with E-state index in [1.807, 2.05) is 37.3 Å². The van der Waals surface area contributed by atoms with E-state index >= 15 is 0 Å². The Kier molecular flexibility index (Phi) is 5.86. The maximum absolute atomic E-state index is 12.3. The largest absolute Gasteiger partial charge is 0.355 e. The highest BCUT2D eigenvalue weighted by atomic mass is 16.1. The number of amides is 1. The lowest BCUT2D eigenvalue weighted by Crippen LogP contribution is -2.36. The summed E-state index contributed by atoms with van der Waals surface area (Å²) in [4.78, 5) is 12.3. The summed E-state index contributed by atoms with van der Waals surface area (Å²) < 4.78 is 0. The Hall–Kier alpha value is -1.35. The van der Waals surface area contributed by atoms with Crippen LogP contribution in [0.4, 0.5) is 0 Å². The van der Waals surface area contributed by atoms with Crippen LogP contribution >= 0.6 is 0 Å². The lowest BCUT2D eigenvalue weighted by molar-refractivity contribution is -0.123. The number of nitrogens with two attached hydrogens (primary N) is 1. The minimum Gasteiger partial charge on any atom is -0.355 e. The maximum atomic E-state index is 12.3. The molecule has 3 heteroatoms. The van der Waals surface area contributed by atoms with E-state index < -0.39 is 0 Å². The van der Waals surface area contributed by atoms with Gasteiger partial charge >= 0.3 is 0 Å². The van der Waals surface area contributed by atoms with E-state index in [4.69, 9.17) is 5.73 Å². The molecule has 0 bridgehead atoms. The van der Waals surface area contributed by atoms with Crippen LogP contribution in [0.5, 0.6) is 0 Å². The van der Waals surface area contributed by atoms with Crippen LogP contribution in [0.25, 0.3) is 0 Å². The van der Waals surface area contributed by atoms with Gasteiger partial charge in [-0.15, -0.1) is 0 Å². The summed E-state index contributed by atoms with van der Waals surface area (Å²) >= 11 is 0. The van der Waals surface area contributed by atoms with Gasteiger partial charge in [0.2, 0.25) is 5.91 Å². The molecule has 0 aliphatic rings. The molecule has 3 nitrogen and oxygen atoms in total. The van der Waals surface area contributed by atoms with Gasteiger partial charge in [0.05, 0.1) is 5.92 Å². The van der Waals surface area contributed by atoms with Gasteiger partial charge in [-0.1, -0.05) is 51.1 Å². The summed E-state index contributed by atoms with van der Waals surface area (Å²) in [6, 6.07) is 9.93. The molecule has 0 spiro atoms. The molecule has 1 amide bonds. The third-order valence-corrected chi connectivity index (χ3v) is 3.13. The summed E-state index contributed by atoms with van der Waals surface area (Å²) in [5, 5.41) is 2.99. The fourth-order valence-corrected chi connectivity index (χ4v) is 1.97. The summed E-state index contributed by atoms with van der Waals surface area (Å²) in [6.45, 7) is 7.42. The van der Waals surface area contributed by atoms with Gasteiger partial charge in [-0.2, -0.15) is 0 Å². The predicted octanol–water partition coefficient (Wildman–Crippen LogP) is 2.14. The van der Waals surface area contributed by atoms with Crippen LogP contribution < -0.4 is 11.1 Å². The van der Waals surface area contributed by atoms with E-state index in [-0.39, 0.29) is 17.7 Å². The van der Waals surface area contributed by atoms with Crippen LogP contribution in [-0.2, 0) is 4.79 Å². The average Bonchev–Trinajstić information content (AvgIpc) is 2.37. The first-order valence-corrected chi connectivity index (χ1v) is 6.59. The van der Waals surface area contributed by atoms with E-state index in [1.165, 1.54) is 0 Å². The number of rotatable bonds is 6. The summed E-state index contributed by atoms with van der Waals surface area (Å²) in [7, 11) is 0. The Morgan fingerprint density at radius 3 is 2.33 bits per heavy atom. The zero-order valence-corrected chi connectivity index (χ0v) is 11.5. The number of hydrogen-bond acceptors (Lipinski definition) is 2. The first kappa shape index (κ1) is 14.7. The molecule has 0 heterocycles. The zero-order chi connectivity index (χ0) is 13.5. The predicted molar refractivity (Wildman–Crippen MR) is 75.2 cm³/mol.